The Morgan fingerprint density at radius 2 is 2.06 bits per heavy atom. The molecule has 0 saturated heterocycles. The van der Waals surface area contributed by atoms with E-state index in [0.29, 0.717) is 0 Å². The first-order valence-corrected chi connectivity index (χ1v) is 4.31. The summed E-state index contributed by atoms with van der Waals surface area (Å²) in [5.41, 5.74) is -0.562. The molecular formula is C9H10O7. The van der Waals surface area contributed by atoms with Crippen molar-refractivity contribution in [2.75, 3.05) is 7.11 Å². The van der Waals surface area contributed by atoms with Gasteiger partial charge in [-0.2, -0.15) is 0 Å². The van der Waals surface area contributed by atoms with Crippen LogP contribution in [-0.2, 0) is 23.9 Å². The molecule has 2 N–H and O–H groups in total. The Hall–Kier alpha value is -1.89. The number of methoxy groups -OCH3 is 1. The van der Waals surface area contributed by atoms with E-state index in [1.54, 1.807) is 0 Å². The predicted octanol–water partition coefficient (Wildman–Crippen LogP) is -1.15. The quantitative estimate of drug-likeness (QED) is 0.465. The van der Waals surface area contributed by atoms with Gasteiger partial charge in [-0.25, -0.2) is 9.59 Å². The molecule has 2 atom stereocenters. The van der Waals surface area contributed by atoms with E-state index in [1.807, 2.05) is 0 Å². The summed E-state index contributed by atoms with van der Waals surface area (Å²) in [5, 5.41) is 18.8. The third kappa shape index (κ3) is 1.89. The summed E-state index contributed by atoms with van der Waals surface area (Å²) in [4.78, 5) is 33.0. The summed E-state index contributed by atoms with van der Waals surface area (Å²) in [7, 11) is 1.02. The molecule has 16 heavy (non-hydrogen) atoms. The van der Waals surface area contributed by atoms with Crippen molar-refractivity contribution in [2.45, 2.75) is 19.1 Å². The van der Waals surface area contributed by atoms with Crippen LogP contribution in [0.5, 0.6) is 0 Å². The molecule has 0 bridgehead atoms. The Morgan fingerprint density at radius 1 is 1.50 bits per heavy atom. The summed E-state index contributed by atoms with van der Waals surface area (Å²) >= 11 is 0. The average molecular weight is 230 g/mol. The van der Waals surface area contributed by atoms with Crippen molar-refractivity contribution in [3.8, 4) is 0 Å². The smallest absolute Gasteiger partial charge is 0.346 e. The SMILES string of the molecule is COC(=O)[C@H](O)[C@H]1OC(=O)C(C(C)=O)=C1O. The number of Topliss-reactive ketones (excluding diaryl/α,β-unsaturated/α-hetero) is 1. The fraction of sp³-hybridized carbons (Fsp3) is 0.444. The topological polar surface area (TPSA) is 110 Å². The lowest BCUT2D eigenvalue weighted by molar-refractivity contribution is -0.161. The fourth-order valence-corrected chi connectivity index (χ4v) is 1.26. The number of esters is 2. The summed E-state index contributed by atoms with van der Waals surface area (Å²) in [5.74, 6) is -3.61. The van der Waals surface area contributed by atoms with Gasteiger partial charge in [0.25, 0.3) is 0 Å². The number of aliphatic hydroxyl groups is 2. The monoisotopic (exact) mass is 230 g/mol. The molecule has 0 fully saturated rings. The molecule has 88 valence electrons. The molecule has 0 aromatic carbocycles. The minimum atomic E-state index is -1.86. The van der Waals surface area contributed by atoms with Gasteiger partial charge < -0.3 is 19.7 Å². The zero-order valence-electron chi connectivity index (χ0n) is 8.59. The average Bonchev–Trinajstić information content (AvgIpc) is 2.51. The summed E-state index contributed by atoms with van der Waals surface area (Å²) in [6.45, 7) is 1.06. The highest BCUT2D eigenvalue weighted by Gasteiger charge is 2.43. The van der Waals surface area contributed by atoms with Gasteiger partial charge in [0, 0.05) is 0 Å². The molecule has 0 amide bonds. The van der Waals surface area contributed by atoms with Crippen LogP contribution >= 0.6 is 0 Å². The second-order valence-electron chi connectivity index (χ2n) is 3.11. The van der Waals surface area contributed by atoms with Crippen molar-refractivity contribution in [1.29, 1.82) is 0 Å². The molecule has 1 aliphatic rings. The van der Waals surface area contributed by atoms with Gasteiger partial charge >= 0.3 is 11.9 Å². The normalized spacial score (nSPS) is 21.7. The van der Waals surface area contributed by atoms with Gasteiger partial charge in [-0.15, -0.1) is 0 Å². The van der Waals surface area contributed by atoms with Gasteiger partial charge in [-0.1, -0.05) is 0 Å². The lowest BCUT2D eigenvalue weighted by atomic mass is 10.1. The minimum absolute atomic E-state index is 0.562. The molecular weight excluding hydrogens is 220 g/mol. The van der Waals surface area contributed by atoms with E-state index in [-0.39, 0.29) is 0 Å². The van der Waals surface area contributed by atoms with Crippen LogP contribution in [0.3, 0.4) is 0 Å². The number of carbonyl (C=O) groups is 3. The van der Waals surface area contributed by atoms with Crippen molar-refractivity contribution in [3.63, 3.8) is 0 Å². The van der Waals surface area contributed by atoms with Gasteiger partial charge in [-0.05, 0) is 6.92 Å². The lowest BCUT2D eigenvalue weighted by Gasteiger charge is -2.14. The van der Waals surface area contributed by atoms with Crippen molar-refractivity contribution in [3.05, 3.63) is 11.3 Å². The van der Waals surface area contributed by atoms with Crippen molar-refractivity contribution in [2.24, 2.45) is 0 Å². The second kappa shape index (κ2) is 4.31. The van der Waals surface area contributed by atoms with E-state index in [2.05, 4.69) is 9.47 Å². The summed E-state index contributed by atoms with van der Waals surface area (Å²) in [6, 6.07) is 0. The van der Waals surface area contributed by atoms with E-state index in [9.17, 15) is 24.6 Å². The van der Waals surface area contributed by atoms with Crippen LogP contribution in [0.4, 0.5) is 0 Å². The highest BCUT2D eigenvalue weighted by atomic mass is 16.6. The van der Waals surface area contributed by atoms with E-state index < -0.39 is 41.3 Å². The van der Waals surface area contributed by atoms with Crippen LogP contribution < -0.4 is 0 Å². The van der Waals surface area contributed by atoms with E-state index in [0.717, 1.165) is 14.0 Å². The lowest BCUT2D eigenvalue weighted by Crippen LogP contribution is -2.36. The maximum absolute atomic E-state index is 11.1. The minimum Gasteiger partial charge on any atom is -0.507 e. The Kier molecular flexibility index (Phi) is 3.28. The van der Waals surface area contributed by atoms with Gasteiger partial charge in [0.05, 0.1) is 7.11 Å². The molecule has 7 heteroatoms. The van der Waals surface area contributed by atoms with Crippen LogP contribution in [0.1, 0.15) is 6.92 Å². The molecule has 0 radical (unpaired) electrons. The van der Waals surface area contributed by atoms with Gasteiger partial charge in [-0.3, -0.25) is 4.79 Å². The van der Waals surface area contributed by atoms with Crippen LogP contribution in [0.15, 0.2) is 11.3 Å². The maximum Gasteiger partial charge on any atom is 0.346 e. The molecule has 0 spiro atoms. The summed E-state index contributed by atoms with van der Waals surface area (Å²) in [6.07, 6.45) is -3.44. The number of carbonyl (C=O) groups excluding carboxylic acids is 3. The highest BCUT2D eigenvalue weighted by molar-refractivity contribution is 6.18. The van der Waals surface area contributed by atoms with Gasteiger partial charge in [0.1, 0.15) is 5.57 Å². The fourth-order valence-electron chi connectivity index (χ4n) is 1.26. The second-order valence-corrected chi connectivity index (χ2v) is 3.11. The first-order valence-electron chi connectivity index (χ1n) is 4.31. The Morgan fingerprint density at radius 3 is 2.44 bits per heavy atom. The zero-order valence-corrected chi connectivity index (χ0v) is 8.59. The van der Waals surface area contributed by atoms with Crippen molar-refractivity contribution in [1.82, 2.24) is 0 Å². The third-order valence-corrected chi connectivity index (χ3v) is 2.05. The molecule has 1 aliphatic heterocycles. The molecule has 1 heterocycles. The third-order valence-electron chi connectivity index (χ3n) is 2.05. The standard InChI is InChI=1S/C9H10O7/c1-3(10)4-5(11)7(16-8(4)13)6(12)9(14)15-2/h6-7,11-12H,1-2H3/t6-,7+/m1/s1. The Bertz CT molecular complexity index is 381. The molecule has 0 aliphatic carbocycles. The molecule has 0 aromatic rings. The molecule has 0 saturated carbocycles. The first-order chi connectivity index (χ1) is 7.40. The van der Waals surface area contributed by atoms with Gasteiger partial charge in [0.2, 0.25) is 0 Å². The highest BCUT2D eigenvalue weighted by Crippen LogP contribution is 2.24. The number of hydrogen-bond acceptors (Lipinski definition) is 7. The Labute approximate surface area is 90.3 Å². The number of hydrogen-bond donors (Lipinski definition) is 2. The number of rotatable bonds is 3. The predicted molar refractivity (Wildman–Crippen MR) is 48.2 cm³/mol. The maximum atomic E-state index is 11.1. The molecule has 7 nitrogen and oxygen atoms in total. The van der Waals surface area contributed by atoms with Crippen molar-refractivity contribution < 1.29 is 34.1 Å². The largest absolute Gasteiger partial charge is 0.507 e. The van der Waals surface area contributed by atoms with Crippen LogP contribution in [-0.4, -0.2) is 47.3 Å². The van der Waals surface area contributed by atoms with Crippen LogP contribution in [0.25, 0.3) is 0 Å². The number of aliphatic hydroxyl groups excluding tert-OH is 2. The number of cyclic esters (lactones) is 1. The Balaban J connectivity index is 3.00. The van der Waals surface area contributed by atoms with E-state index >= 15 is 0 Å². The molecule has 0 aromatic heterocycles. The van der Waals surface area contributed by atoms with Crippen molar-refractivity contribution >= 4 is 17.7 Å². The number of ketones is 1. The summed E-state index contributed by atoms with van der Waals surface area (Å²) < 4.78 is 8.70. The zero-order chi connectivity index (χ0) is 12.5. The molecule has 1 rings (SSSR count). The van der Waals surface area contributed by atoms with Gasteiger partial charge in [0.15, 0.2) is 23.8 Å². The van der Waals surface area contributed by atoms with Crippen LogP contribution in [0, 0.1) is 0 Å². The number of ether oxygens (including phenoxy) is 2. The van der Waals surface area contributed by atoms with E-state index in [4.69, 9.17) is 0 Å². The first kappa shape index (κ1) is 12.2. The van der Waals surface area contributed by atoms with E-state index in [1.165, 1.54) is 0 Å². The van der Waals surface area contributed by atoms with Crippen LogP contribution in [0.2, 0.25) is 0 Å². The molecule has 0 unspecified atom stereocenters.